The second kappa shape index (κ2) is 5.77. The van der Waals surface area contributed by atoms with Crippen molar-refractivity contribution in [1.82, 2.24) is 0 Å². The Morgan fingerprint density at radius 2 is 1.65 bits per heavy atom. The van der Waals surface area contributed by atoms with Gasteiger partial charge < -0.3 is 4.74 Å². The molecule has 0 heterocycles. The zero-order chi connectivity index (χ0) is 13.0. The molecule has 0 fully saturated rings. The third-order valence-corrected chi connectivity index (χ3v) is 3.38. The second-order valence-electron chi connectivity index (χ2n) is 4.65. The Balaban J connectivity index is 3.16. The molecule has 0 saturated heterocycles. The molecule has 0 aromatic heterocycles. The standard InChI is InChI=1S/C16H22O/c1-7-8-11(2)14(5)16-12(3)9-15(17-6)10-13(16)4/h9-11,14H,1-6H3. The van der Waals surface area contributed by atoms with Gasteiger partial charge in [0.25, 0.3) is 0 Å². The van der Waals surface area contributed by atoms with Gasteiger partial charge in [0.1, 0.15) is 5.75 Å². The number of rotatable bonds is 3. The van der Waals surface area contributed by atoms with E-state index < -0.39 is 0 Å². The van der Waals surface area contributed by atoms with Crippen molar-refractivity contribution in [2.45, 2.75) is 40.5 Å². The first kappa shape index (κ1) is 13.6. The van der Waals surface area contributed by atoms with Crippen molar-refractivity contribution < 1.29 is 4.74 Å². The molecule has 2 atom stereocenters. The fraction of sp³-hybridized carbons (Fsp3) is 0.500. The van der Waals surface area contributed by atoms with Crippen LogP contribution in [0.5, 0.6) is 5.75 Å². The van der Waals surface area contributed by atoms with E-state index in [2.05, 4.69) is 51.7 Å². The minimum atomic E-state index is 0.380. The minimum Gasteiger partial charge on any atom is -0.497 e. The summed E-state index contributed by atoms with van der Waals surface area (Å²) in [6.07, 6.45) is 0. The van der Waals surface area contributed by atoms with Crippen LogP contribution in [-0.2, 0) is 0 Å². The summed E-state index contributed by atoms with van der Waals surface area (Å²) in [4.78, 5) is 0. The van der Waals surface area contributed by atoms with Crippen molar-refractivity contribution in [2.75, 3.05) is 7.11 Å². The molecule has 1 rings (SSSR count). The molecule has 1 nitrogen and oxygen atoms in total. The van der Waals surface area contributed by atoms with E-state index in [1.54, 1.807) is 7.11 Å². The van der Waals surface area contributed by atoms with Gasteiger partial charge >= 0.3 is 0 Å². The first-order valence-electron chi connectivity index (χ1n) is 6.08. The Labute approximate surface area is 105 Å². The molecule has 0 saturated carbocycles. The SMILES string of the molecule is CC#CC(C)C(C)c1c(C)cc(OC)cc1C. The molecule has 1 aromatic carbocycles. The topological polar surface area (TPSA) is 9.23 Å². The summed E-state index contributed by atoms with van der Waals surface area (Å²) in [6.45, 7) is 10.6. The highest BCUT2D eigenvalue weighted by molar-refractivity contribution is 5.43. The van der Waals surface area contributed by atoms with Gasteiger partial charge in [0, 0.05) is 5.92 Å². The van der Waals surface area contributed by atoms with Crippen LogP contribution in [0.4, 0.5) is 0 Å². The zero-order valence-corrected chi connectivity index (χ0v) is 11.7. The van der Waals surface area contributed by atoms with E-state index in [9.17, 15) is 0 Å². The molecular formula is C16H22O. The fourth-order valence-corrected chi connectivity index (χ4v) is 2.37. The lowest BCUT2D eigenvalue weighted by Gasteiger charge is -2.21. The summed E-state index contributed by atoms with van der Waals surface area (Å²) in [6, 6.07) is 4.20. The van der Waals surface area contributed by atoms with Crippen molar-refractivity contribution in [2.24, 2.45) is 5.92 Å². The molecule has 0 spiro atoms. The molecule has 0 bridgehead atoms. The summed E-state index contributed by atoms with van der Waals surface area (Å²) in [5, 5.41) is 0. The Hall–Kier alpha value is -1.42. The molecule has 0 amide bonds. The van der Waals surface area contributed by atoms with E-state index in [1.165, 1.54) is 16.7 Å². The molecule has 0 aliphatic heterocycles. The number of hydrogen-bond donors (Lipinski definition) is 0. The average Bonchev–Trinajstić information content (AvgIpc) is 2.28. The van der Waals surface area contributed by atoms with Crippen LogP contribution in [0.1, 0.15) is 43.4 Å². The second-order valence-corrected chi connectivity index (χ2v) is 4.65. The van der Waals surface area contributed by atoms with E-state index >= 15 is 0 Å². The lowest BCUT2D eigenvalue weighted by Crippen LogP contribution is -2.08. The Bertz CT molecular complexity index is 425. The lowest BCUT2D eigenvalue weighted by molar-refractivity contribution is 0.413. The molecule has 1 heteroatoms. The van der Waals surface area contributed by atoms with Crippen LogP contribution in [0.3, 0.4) is 0 Å². The van der Waals surface area contributed by atoms with Gasteiger partial charge in [-0.3, -0.25) is 0 Å². The minimum absolute atomic E-state index is 0.380. The number of ether oxygens (including phenoxy) is 1. The van der Waals surface area contributed by atoms with Crippen LogP contribution >= 0.6 is 0 Å². The lowest BCUT2D eigenvalue weighted by atomic mass is 9.84. The van der Waals surface area contributed by atoms with Gasteiger partial charge in [-0.25, -0.2) is 0 Å². The van der Waals surface area contributed by atoms with Crippen LogP contribution < -0.4 is 4.74 Å². The summed E-state index contributed by atoms with van der Waals surface area (Å²) in [7, 11) is 1.71. The predicted octanol–water partition coefficient (Wildman–Crippen LogP) is 4.07. The molecule has 0 radical (unpaired) electrons. The molecule has 17 heavy (non-hydrogen) atoms. The molecule has 0 N–H and O–H groups in total. The van der Waals surface area contributed by atoms with E-state index in [4.69, 9.17) is 4.74 Å². The van der Waals surface area contributed by atoms with Crippen molar-refractivity contribution in [1.29, 1.82) is 0 Å². The smallest absolute Gasteiger partial charge is 0.119 e. The Morgan fingerprint density at radius 3 is 2.06 bits per heavy atom. The highest BCUT2D eigenvalue weighted by Crippen LogP contribution is 2.32. The van der Waals surface area contributed by atoms with Gasteiger partial charge in [0.2, 0.25) is 0 Å². The number of benzene rings is 1. The first-order valence-corrected chi connectivity index (χ1v) is 6.08. The van der Waals surface area contributed by atoms with Crippen molar-refractivity contribution in [3.8, 4) is 17.6 Å². The van der Waals surface area contributed by atoms with E-state index in [1.807, 2.05) is 6.92 Å². The molecule has 0 aliphatic rings. The predicted molar refractivity (Wildman–Crippen MR) is 73.5 cm³/mol. The third kappa shape index (κ3) is 3.03. The van der Waals surface area contributed by atoms with Crippen LogP contribution in [0, 0.1) is 31.6 Å². The van der Waals surface area contributed by atoms with Gasteiger partial charge in [0.05, 0.1) is 7.11 Å². The van der Waals surface area contributed by atoms with Gasteiger partial charge in [0.15, 0.2) is 0 Å². The van der Waals surface area contributed by atoms with Gasteiger partial charge in [-0.1, -0.05) is 19.8 Å². The average molecular weight is 230 g/mol. The maximum Gasteiger partial charge on any atom is 0.119 e. The van der Waals surface area contributed by atoms with Gasteiger partial charge in [-0.2, -0.15) is 0 Å². The summed E-state index contributed by atoms with van der Waals surface area (Å²) in [5.74, 6) is 8.02. The number of methoxy groups -OCH3 is 1. The summed E-state index contributed by atoms with van der Waals surface area (Å²) < 4.78 is 5.29. The number of hydrogen-bond acceptors (Lipinski definition) is 1. The third-order valence-electron chi connectivity index (χ3n) is 3.38. The molecule has 92 valence electrons. The quantitative estimate of drug-likeness (QED) is 0.711. The largest absolute Gasteiger partial charge is 0.497 e. The Kier molecular flexibility index (Phi) is 4.63. The zero-order valence-electron chi connectivity index (χ0n) is 11.7. The van der Waals surface area contributed by atoms with Crippen molar-refractivity contribution in [3.63, 3.8) is 0 Å². The first-order chi connectivity index (χ1) is 8.01. The van der Waals surface area contributed by atoms with Crippen molar-refractivity contribution in [3.05, 3.63) is 28.8 Å². The van der Waals surface area contributed by atoms with Crippen LogP contribution in [-0.4, -0.2) is 7.11 Å². The van der Waals surface area contributed by atoms with Gasteiger partial charge in [-0.05, 0) is 55.5 Å². The molecular weight excluding hydrogens is 208 g/mol. The van der Waals surface area contributed by atoms with Crippen molar-refractivity contribution >= 4 is 0 Å². The maximum absolute atomic E-state index is 5.29. The van der Waals surface area contributed by atoms with E-state index in [-0.39, 0.29) is 0 Å². The maximum atomic E-state index is 5.29. The van der Waals surface area contributed by atoms with E-state index in [0.717, 1.165) is 5.75 Å². The molecule has 0 aliphatic carbocycles. The Morgan fingerprint density at radius 1 is 1.12 bits per heavy atom. The van der Waals surface area contributed by atoms with Crippen LogP contribution in [0.15, 0.2) is 12.1 Å². The van der Waals surface area contributed by atoms with Gasteiger partial charge in [-0.15, -0.1) is 5.92 Å². The van der Waals surface area contributed by atoms with E-state index in [0.29, 0.717) is 11.8 Å². The molecule has 2 unspecified atom stereocenters. The van der Waals surface area contributed by atoms with Crippen LogP contribution in [0.25, 0.3) is 0 Å². The fourth-order valence-electron chi connectivity index (χ4n) is 2.37. The normalized spacial score (nSPS) is 13.5. The number of aryl methyl sites for hydroxylation is 2. The molecule has 1 aromatic rings. The highest BCUT2D eigenvalue weighted by atomic mass is 16.5. The summed E-state index contributed by atoms with van der Waals surface area (Å²) >= 11 is 0. The van der Waals surface area contributed by atoms with Crippen LogP contribution in [0.2, 0.25) is 0 Å². The highest BCUT2D eigenvalue weighted by Gasteiger charge is 2.17. The summed E-state index contributed by atoms with van der Waals surface area (Å²) in [5.41, 5.74) is 3.99. The monoisotopic (exact) mass is 230 g/mol.